The lowest BCUT2D eigenvalue weighted by Crippen LogP contribution is -2.24. The summed E-state index contributed by atoms with van der Waals surface area (Å²) in [5.41, 5.74) is -2.32. The van der Waals surface area contributed by atoms with E-state index in [0.29, 0.717) is 17.0 Å². The Bertz CT molecular complexity index is 1050. The number of aromatic amines is 1. The zero-order chi connectivity index (χ0) is 19.4. The average molecular weight is 393 g/mol. The summed E-state index contributed by atoms with van der Waals surface area (Å²) < 4.78 is 31.5. The Kier molecular flexibility index (Phi) is 5.36. The second-order valence-corrected chi connectivity index (χ2v) is 6.40. The molecule has 0 aliphatic heterocycles. The van der Waals surface area contributed by atoms with Crippen LogP contribution in [0.5, 0.6) is 6.01 Å². The maximum atomic E-state index is 12.8. The van der Waals surface area contributed by atoms with Crippen LogP contribution in [-0.4, -0.2) is 37.0 Å². The van der Waals surface area contributed by atoms with Gasteiger partial charge in [0.15, 0.2) is 6.61 Å². The number of rotatable bonds is 6. The average Bonchev–Trinajstić information content (AvgIpc) is 2.62. The van der Waals surface area contributed by atoms with Crippen LogP contribution in [0.1, 0.15) is 5.69 Å². The molecule has 0 aliphatic carbocycles. The molecular weight excluding hydrogens is 379 g/mol. The number of halogens is 2. The van der Waals surface area contributed by atoms with Crippen molar-refractivity contribution in [3.05, 3.63) is 69.1 Å². The second kappa shape index (κ2) is 7.71. The quantitative estimate of drug-likeness (QED) is 0.633. The first-order valence-electron chi connectivity index (χ1n) is 7.68. The van der Waals surface area contributed by atoms with Crippen molar-refractivity contribution in [3.63, 3.8) is 0 Å². The molecule has 8 nitrogen and oxygen atoms in total. The topological polar surface area (TPSA) is 103 Å². The maximum absolute atomic E-state index is 12.8. The highest BCUT2D eigenvalue weighted by Crippen LogP contribution is 2.22. The lowest BCUT2D eigenvalue weighted by molar-refractivity contribution is 0.0422. The molecule has 3 aromatic rings. The van der Waals surface area contributed by atoms with Crippen molar-refractivity contribution in [1.29, 1.82) is 0 Å². The largest absolute Gasteiger partial charge is 0.457 e. The smallest absolute Gasteiger partial charge is 0.316 e. The molecule has 0 bridgehead atoms. The molecule has 0 spiro atoms. The Balaban J connectivity index is 1.81. The molecule has 11 heteroatoms. The van der Waals surface area contributed by atoms with Crippen LogP contribution in [-0.2, 0) is 6.54 Å². The fourth-order valence-electron chi connectivity index (χ4n) is 2.15. The zero-order valence-corrected chi connectivity index (χ0v) is 15.0. The molecule has 3 aromatic heterocycles. The first kappa shape index (κ1) is 18.8. The second-order valence-electron chi connectivity index (χ2n) is 5.56. The van der Waals surface area contributed by atoms with Gasteiger partial charge in [0.25, 0.3) is 11.2 Å². The highest BCUT2D eigenvalue weighted by molar-refractivity contribution is 7.18. The Morgan fingerprint density at radius 2 is 1.89 bits per heavy atom. The van der Waals surface area contributed by atoms with Crippen LogP contribution in [0, 0.1) is 0 Å². The van der Waals surface area contributed by atoms with E-state index in [9.17, 15) is 18.4 Å². The summed E-state index contributed by atoms with van der Waals surface area (Å²) in [7, 11) is 1.36. The van der Waals surface area contributed by atoms with E-state index in [4.69, 9.17) is 4.74 Å². The number of hydrogen-bond donors (Lipinski definition) is 1. The van der Waals surface area contributed by atoms with Crippen LogP contribution in [0.2, 0.25) is 0 Å². The molecule has 1 unspecified atom stereocenters. The third-order valence-electron chi connectivity index (χ3n) is 3.33. The lowest BCUT2D eigenvalue weighted by Gasteiger charge is -2.10. The normalized spacial score (nSPS) is 11.4. The number of H-pyrrole nitrogens is 1. The Morgan fingerprint density at radius 3 is 2.56 bits per heavy atom. The highest BCUT2D eigenvalue weighted by Gasteiger charge is 2.22. The van der Waals surface area contributed by atoms with Gasteiger partial charge in [-0.3, -0.25) is 9.59 Å². The molecule has 0 radical (unpaired) electrons. The van der Waals surface area contributed by atoms with Crippen molar-refractivity contribution < 1.29 is 13.5 Å². The molecule has 1 atom stereocenters. The lowest BCUT2D eigenvalue weighted by atomic mass is 10.2. The molecule has 0 saturated carbocycles. The fraction of sp³-hybridized carbons (Fsp3) is 0.188. The summed E-state index contributed by atoms with van der Waals surface area (Å²) in [6.45, 7) is -0.788. The van der Waals surface area contributed by atoms with E-state index in [2.05, 4.69) is 20.1 Å². The van der Waals surface area contributed by atoms with Crippen molar-refractivity contribution >= 4 is 9.24 Å². The summed E-state index contributed by atoms with van der Waals surface area (Å²) in [5.74, 6) is 0. The van der Waals surface area contributed by atoms with E-state index in [1.54, 1.807) is 12.1 Å². The molecule has 140 valence electrons. The van der Waals surface area contributed by atoms with Crippen LogP contribution in [0.25, 0.3) is 11.3 Å². The van der Waals surface area contributed by atoms with Crippen molar-refractivity contribution in [2.45, 2.75) is 12.2 Å². The number of nitrogens with one attached hydrogen (secondary N) is 1. The van der Waals surface area contributed by atoms with Crippen molar-refractivity contribution in [2.24, 2.45) is 0 Å². The third kappa shape index (κ3) is 5.24. The van der Waals surface area contributed by atoms with Gasteiger partial charge in [-0.25, -0.2) is 14.6 Å². The summed E-state index contributed by atoms with van der Waals surface area (Å²) in [4.78, 5) is 33.7. The molecule has 0 aliphatic rings. The molecule has 3 heterocycles. The van der Waals surface area contributed by atoms with Crippen molar-refractivity contribution in [3.8, 4) is 17.3 Å². The van der Waals surface area contributed by atoms with E-state index in [-0.39, 0.29) is 23.7 Å². The standard InChI is InChI=1S/C16H14F2N5O3P/c17-16(18,27)9-26-15-19-6-10(7-20-15)12-4-5-14(25)23(22-12)8-11-2-1-3-13(24)21-11/h1-7H,8-9,27H2,(H,21,24). The maximum Gasteiger partial charge on any atom is 0.316 e. The van der Waals surface area contributed by atoms with Gasteiger partial charge in [-0.05, 0) is 12.1 Å². The summed E-state index contributed by atoms with van der Waals surface area (Å²) in [6.07, 6.45) is 2.70. The monoisotopic (exact) mass is 393 g/mol. The molecule has 0 aromatic carbocycles. The molecular formula is C16H14F2N5O3P. The van der Waals surface area contributed by atoms with Gasteiger partial charge in [-0.2, -0.15) is 13.9 Å². The third-order valence-corrected chi connectivity index (χ3v) is 3.50. The minimum Gasteiger partial charge on any atom is -0.457 e. The number of nitrogens with zero attached hydrogens (tertiary/aromatic N) is 4. The summed E-state index contributed by atoms with van der Waals surface area (Å²) >= 11 is 0. The van der Waals surface area contributed by atoms with E-state index in [1.807, 2.05) is 0 Å². The van der Waals surface area contributed by atoms with E-state index in [0.717, 1.165) is 0 Å². The molecule has 27 heavy (non-hydrogen) atoms. The van der Waals surface area contributed by atoms with Crippen LogP contribution in [0.4, 0.5) is 8.78 Å². The van der Waals surface area contributed by atoms with E-state index < -0.39 is 12.3 Å². The SMILES string of the molecule is O=c1cccc(Cn2nc(-c3cnc(OCC(F)(F)P)nc3)ccc2=O)[nH]1. The minimum atomic E-state index is -3.07. The van der Waals surface area contributed by atoms with Crippen molar-refractivity contribution in [1.82, 2.24) is 24.7 Å². The molecule has 0 fully saturated rings. The number of alkyl halides is 2. The summed E-state index contributed by atoms with van der Waals surface area (Å²) in [6, 6.07) is 7.22. The number of pyridine rings is 1. The summed E-state index contributed by atoms with van der Waals surface area (Å²) in [5, 5.41) is 4.22. The van der Waals surface area contributed by atoms with Gasteiger partial charge in [-0.1, -0.05) is 15.3 Å². The predicted molar refractivity (Wildman–Crippen MR) is 95.8 cm³/mol. The van der Waals surface area contributed by atoms with Crippen LogP contribution in [0.15, 0.2) is 52.3 Å². The van der Waals surface area contributed by atoms with Gasteiger partial charge in [0.05, 0.1) is 12.2 Å². The fourth-order valence-corrected chi connectivity index (χ4v) is 2.23. The first-order valence-corrected chi connectivity index (χ1v) is 8.26. The number of aromatic nitrogens is 5. The molecule has 0 amide bonds. The van der Waals surface area contributed by atoms with Crippen LogP contribution >= 0.6 is 9.24 Å². The Hall–Kier alpha value is -3.00. The van der Waals surface area contributed by atoms with Gasteiger partial charge in [0.1, 0.15) is 0 Å². The number of ether oxygens (including phenoxy) is 1. The van der Waals surface area contributed by atoms with Gasteiger partial charge in [0, 0.05) is 35.8 Å². The van der Waals surface area contributed by atoms with E-state index >= 15 is 0 Å². The Labute approximate surface area is 153 Å². The van der Waals surface area contributed by atoms with Crippen molar-refractivity contribution in [2.75, 3.05) is 6.61 Å². The van der Waals surface area contributed by atoms with Gasteiger partial charge < -0.3 is 9.72 Å². The predicted octanol–water partition coefficient (Wildman–Crippen LogP) is 1.28. The Morgan fingerprint density at radius 1 is 1.15 bits per heavy atom. The first-order chi connectivity index (χ1) is 12.8. The number of hydrogen-bond acceptors (Lipinski definition) is 6. The molecule has 1 N–H and O–H groups in total. The van der Waals surface area contributed by atoms with Crippen LogP contribution < -0.4 is 15.9 Å². The van der Waals surface area contributed by atoms with E-state index in [1.165, 1.54) is 44.5 Å². The highest BCUT2D eigenvalue weighted by atomic mass is 31.0. The van der Waals surface area contributed by atoms with Gasteiger partial charge in [0.2, 0.25) is 5.56 Å². The van der Waals surface area contributed by atoms with Crippen LogP contribution in [0.3, 0.4) is 0 Å². The molecule has 0 saturated heterocycles. The zero-order valence-electron chi connectivity index (χ0n) is 13.8. The minimum absolute atomic E-state index is 0.0774. The van der Waals surface area contributed by atoms with Gasteiger partial charge >= 0.3 is 6.01 Å². The van der Waals surface area contributed by atoms with Gasteiger partial charge in [-0.15, -0.1) is 0 Å². The molecule has 3 rings (SSSR count).